The van der Waals surface area contributed by atoms with E-state index in [4.69, 9.17) is 10.2 Å². The maximum atomic E-state index is 10.1. The number of aliphatic hydroxyl groups excluding tert-OH is 1. The van der Waals surface area contributed by atoms with E-state index >= 15 is 0 Å². The van der Waals surface area contributed by atoms with Gasteiger partial charge in [-0.3, -0.25) is 0 Å². The summed E-state index contributed by atoms with van der Waals surface area (Å²) in [5.41, 5.74) is 0. The Hall–Kier alpha value is -1.36. The number of aliphatic hydroxyl groups is 1. The number of nitrogens with zero attached hydrogens (tertiary/aromatic N) is 1. The molecule has 0 unspecified atom stereocenters. The van der Waals surface area contributed by atoms with Crippen LogP contribution in [-0.2, 0) is 11.2 Å². The molecule has 0 amide bonds. The molecule has 1 aromatic heterocycles. The zero-order chi connectivity index (χ0) is 8.27. The Balaban J connectivity index is 2.50. The van der Waals surface area contributed by atoms with Gasteiger partial charge >= 0.3 is 5.97 Å². The highest BCUT2D eigenvalue weighted by Gasteiger charge is 2.14. The van der Waals surface area contributed by atoms with Crippen LogP contribution in [0, 0.1) is 0 Å². The molecule has 11 heavy (non-hydrogen) atoms. The average Bonchev–Trinajstić information content (AvgIpc) is 2.39. The van der Waals surface area contributed by atoms with Crippen LogP contribution in [0.2, 0.25) is 0 Å². The van der Waals surface area contributed by atoms with Crippen molar-refractivity contribution in [2.45, 2.75) is 12.5 Å². The molecule has 0 radical (unpaired) electrons. The fourth-order valence-corrected chi connectivity index (χ4v) is 0.680. The molecule has 0 aromatic carbocycles. The highest BCUT2D eigenvalue weighted by atomic mass is 16.4. The first-order valence-electron chi connectivity index (χ1n) is 3.09. The van der Waals surface area contributed by atoms with Crippen LogP contribution in [0.1, 0.15) is 5.82 Å². The molecule has 1 rings (SSSR count). The van der Waals surface area contributed by atoms with Crippen molar-refractivity contribution in [2.75, 3.05) is 0 Å². The summed E-state index contributed by atoms with van der Waals surface area (Å²) in [5.74, 6) is -0.763. The SMILES string of the molecule is O=C(O)[C@@H](O)Cc1ncc[nH]1. The lowest BCUT2D eigenvalue weighted by atomic mass is 10.2. The molecular weight excluding hydrogens is 148 g/mol. The molecular formula is C6H8N2O3. The first-order valence-corrected chi connectivity index (χ1v) is 3.09. The largest absolute Gasteiger partial charge is 0.479 e. The normalized spacial score (nSPS) is 12.8. The van der Waals surface area contributed by atoms with Crippen LogP contribution in [-0.4, -0.2) is 32.3 Å². The Kier molecular flexibility index (Phi) is 2.22. The minimum Gasteiger partial charge on any atom is -0.479 e. The van der Waals surface area contributed by atoms with Crippen LogP contribution in [0.5, 0.6) is 0 Å². The van der Waals surface area contributed by atoms with Crippen molar-refractivity contribution in [1.29, 1.82) is 0 Å². The number of carboxylic acids is 1. The monoisotopic (exact) mass is 156 g/mol. The van der Waals surface area contributed by atoms with Gasteiger partial charge in [0.15, 0.2) is 6.10 Å². The number of aliphatic carboxylic acids is 1. The molecule has 0 aliphatic rings. The predicted octanol–water partition coefficient (Wildman–Crippen LogP) is -0.602. The van der Waals surface area contributed by atoms with E-state index < -0.39 is 12.1 Å². The van der Waals surface area contributed by atoms with Gasteiger partial charge in [0.05, 0.1) is 0 Å². The van der Waals surface area contributed by atoms with Gasteiger partial charge in [0.1, 0.15) is 5.82 Å². The van der Waals surface area contributed by atoms with Gasteiger partial charge in [-0.2, -0.15) is 0 Å². The first-order chi connectivity index (χ1) is 5.20. The predicted molar refractivity (Wildman–Crippen MR) is 35.9 cm³/mol. The minimum absolute atomic E-state index is 0.0162. The van der Waals surface area contributed by atoms with E-state index in [2.05, 4.69) is 9.97 Å². The van der Waals surface area contributed by atoms with Crippen molar-refractivity contribution in [3.63, 3.8) is 0 Å². The number of H-pyrrole nitrogens is 1. The summed E-state index contributed by atoms with van der Waals surface area (Å²) in [6.07, 6.45) is 1.72. The first kappa shape index (κ1) is 7.74. The lowest BCUT2D eigenvalue weighted by Gasteiger charge is -2.00. The molecule has 1 heterocycles. The molecule has 0 fully saturated rings. The van der Waals surface area contributed by atoms with Gasteiger partial charge in [-0.05, 0) is 0 Å². The summed E-state index contributed by atoms with van der Waals surface area (Å²) in [4.78, 5) is 16.6. The molecule has 0 bridgehead atoms. The Bertz CT molecular complexity index is 232. The second-order valence-electron chi connectivity index (χ2n) is 2.09. The van der Waals surface area contributed by atoms with Gasteiger partial charge in [0.2, 0.25) is 0 Å². The molecule has 60 valence electrons. The van der Waals surface area contributed by atoms with Crippen molar-refractivity contribution in [3.8, 4) is 0 Å². The Morgan fingerprint density at radius 3 is 3.00 bits per heavy atom. The summed E-state index contributed by atoms with van der Waals surface area (Å²) >= 11 is 0. The van der Waals surface area contributed by atoms with Crippen LogP contribution in [0.15, 0.2) is 12.4 Å². The van der Waals surface area contributed by atoms with Gasteiger partial charge in [0.25, 0.3) is 0 Å². The highest BCUT2D eigenvalue weighted by molar-refractivity contribution is 5.72. The quantitative estimate of drug-likeness (QED) is 0.545. The standard InChI is InChI=1S/C6H8N2O3/c9-4(6(10)11)3-5-7-1-2-8-5/h1-2,4,9H,3H2,(H,7,8)(H,10,11)/t4-/m0/s1. The summed E-state index contributed by atoms with van der Waals surface area (Å²) in [6.45, 7) is 0. The van der Waals surface area contributed by atoms with E-state index in [1.807, 2.05) is 0 Å². The minimum atomic E-state index is -1.37. The molecule has 5 heteroatoms. The molecule has 5 nitrogen and oxygen atoms in total. The van der Waals surface area contributed by atoms with E-state index in [-0.39, 0.29) is 6.42 Å². The average molecular weight is 156 g/mol. The molecule has 0 saturated carbocycles. The molecule has 0 saturated heterocycles. The lowest BCUT2D eigenvalue weighted by Crippen LogP contribution is -2.22. The van der Waals surface area contributed by atoms with Crippen molar-refractivity contribution >= 4 is 5.97 Å². The second-order valence-corrected chi connectivity index (χ2v) is 2.09. The third kappa shape index (κ3) is 2.05. The molecule has 0 aliphatic heterocycles. The summed E-state index contributed by atoms with van der Waals surface area (Å²) in [6, 6.07) is 0. The van der Waals surface area contributed by atoms with Crippen LogP contribution < -0.4 is 0 Å². The van der Waals surface area contributed by atoms with Gasteiger partial charge in [-0.1, -0.05) is 0 Å². The van der Waals surface area contributed by atoms with E-state index in [0.29, 0.717) is 5.82 Å². The fraction of sp³-hybridized carbons (Fsp3) is 0.333. The van der Waals surface area contributed by atoms with Crippen molar-refractivity contribution in [2.24, 2.45) is 0 Å². The number of carbonyl (C=O) groups is 1. The maximum absolute atomic E-state index is 10.1. The van der Waals surface area contributed by atoms with E-state index in [9.17, 15) is 4.79 Å². The fourth-order valence-electron chi connectivity index (χ4n) is 0.680. The van der Waals surface area contributed by atoms with Gasteiger partial charge < -0.3 is 15.2 Å². The zero-order valence-electron chi connectivity index (χ0n) is 5.69. The number of nitrogens with one attached hydrogen (secondary N) is 1. The number of aromatic amines is 1. The summed E-state index contributed by atoms with van der Waals surface area (Å²) in [7, 11) is 0. The number of hydrogen-bond acceptors (Lipinski definition) is 3. The van der Waals surface area contributed by atoms with Crippen LogP contribution >= 0.6 is 0 Å². The Morgan fingerprint density at radius 2 is 2.55 bits per heavy atom. The van der Waals surface area contributed by atoms with Gasteiger partial charge in [-0.15, -0.1) is 0 Å². The molecule has 1 aromatic rings. The molecule has 1 atom stereocenters. The third-order valence-electron chi connectivity index (χ3n) is 1.23. The zero-order valence-corrected chi connectivity index (χ0v) is 5.69. The topological polar surface area (TPSA) is 86.2 Å². The summed E-state index contributed by atoms with van der Waals surface area (Å²) < 4.78 is 0. The van der Waals surface area contributed by atoms with Crippen molar-refractivity contribution in [1.82, 2.24) is 9.97 Å². The molecule has 3 N–H and O–H groups in total. The van der Waals surface area contributed by atoms with Gasteiger partial charge in [-0.25, -0.2) is 9.78 Å². The van der Waals surface area contributed by atoms with Gasteiger partial charge in [0, 0.05) is 18.8 Å². The number of aromatic nitrogens is 2. The van der Waals surface area contributed by atoms with Crippen molar-refractivity contribution < 1.29 is 15.0 Å². The number of hydrogen-bond donors (Lipinski definition) is 3. The van der Waals surface area contributed by atoms with E-state index in [0.717, 1.165) is 0 Å². The Labute approximate surface area is 62.7 Å². The number of rotatable bonds is 3. The van der Waals surface area contributed by atoms with Crippen LogP contribution in [0.3, 0.4) is 0 Å². The summed E-state index contributed by atoms with van der Waals surface area (Å²) in [5, 5.41) is 17.1. The second kappa shape index (κ2) is 3.16. The number of imidazole rings is 1. The van der Waals surface area contributed by atoms with E-state index in [1.54, 1.807) is 6.20 Å². The highest BCUT2D eigenvalue weighted by Crippen LogP contribution is 1.95. The third-order valence-corrected chi connectivity index (χ3v) is 1.23. The van der Waals surface area contributed by atoms with Crippen LogP contribution in [0.4, 0.5) is 0 Å². The number of carboxylic acid groups (broad SMARTS) is 1. The van der Waals surface area contributed by atoms with Crippen LogP contribution in [0.25, 0.3) is 0 Å². The smallest absolute Gasteiger partial charge is 0.332 e. The maximum Gasteiger partial charge on any atom is 0.332 e. The molecule has 0 aliphatic carbocycles. The lowest BCUT2D eigenvalue weighted by molar-refractivity contribution is -0.146. The molecule has 0 spiro atoms. The van der Waals surface area contributed by atoms with E-state index in [1.165, 1.54) is 6.20 Å². The Morgan fingerprint density at radius 1 is 1.82 bits per heavy atom. The van der Waals surface area contributed by atoms with Crippen molar-refractivity contribution in [3.05, 3.63) is 18.2 Å².